The second kappa shape index (κ2) is 9.42. The van der Waals surface area contributed by atoms with Crippen LogP contribution in [0.5, 0.6) is 0 Å². The van der Waals surface area contributed by atoms with E-state index in [4.69, 9.17) is 0 Å². The molecule has 0 bridgehead atoms. The van der Waals surface area contributed by atoms with Gasteiger partial charge in [0.1, 0.15) is 0 Å². The minimum atomic E-state index is -3.49. The highest BCUT2D eigenvalue weighted by atomic mass is 79.9. The molecule has 0 saturated heterocycles. The lowest BCUT2D eigenvalue weighted by molar-refractivity contribution is -0.124. The fourth-order valence-electron chi connectivity index (χ4n) is 0.528. The zero-order valence-electron chi connectivity index (χ0n) is 9.30. The van der Waals surface area contributed by atoms with Gasteiger partial charge >= 0.3 is 5.92 Å². The minimum absolute atomic E-state index is 0.263. The van der Waals surface area contributed by atoms with Gasteiger partial charge in [-0.2, -0.15) is 8.78 Å². The molecule has 0 aliphatic rings. The van der Waals surface area contributed by atoms with Gasteiger partial charge in [-0.3, -0.25) is 4.79 Å². The molecule has 2 nitrogen and oxygen atoms in total. The van der Waals surface area contributed by atoms with Gasteiger partial charge in [-0.05, 0) is 13.0 Å². The molecular formula is C11H15BrF2O2. The first-order valence-corrected chi connectivity index (χ1v) is 5.17. The minimum Gasteiger partial charge on any atom is -0.385 e. The standard InChI is InChI=1S/C8H7BrF2O.C3H8O/c1-3-7(4-6(2)9)8(10,11)5-12;1-3-4-2/h3-5H,1-2H2;3H2,1-2H3/b7-4+;. The molecule has 0 aliphatic carbocycles. The summed E-state index contributed by atoms with van der Waals surface area (Å²) in [6.07, 6.45) is 1.53. The van der Waals surface area contributed by atoms with E-state index in [0.717, 1.165) is 18.8 Å². The molecule has 0 N–H and O–H groups in total. The van der Waals surface area contributed by atoms with Gasteiger partial charge in [-0.25, -0.2) is 0 Å². The maximum Gasteiger partial charge on any atom is 0.327 e. The number of allylic oxidation sites excluding steroid dienone is 4. The second-order valence-corrected chi connectivity index (χ2v) is 3.59. The summed E-state index contributed by atoms with van der Waals surface area (Å²) in [6, 6.07) is 0. The number of methoxy groups -OCH3 is 1. The van der Waals surface area contributed by atoms with E-state index in [-0.39, 0.29) is 4.48 Å². The molecule has 0 amide bonds. The number of carbonyl (C=O) groups is 1. The maximum absolute atomic E-state index is 12.6. The predicted molar refractivity (Wildman–Crippen MR) is 64.9 cm³/mol. The van der Waals surface area contributed by atoms with Crippen molar-refractivity contribution in [2.45, 2.75) is 12.8 Å². The van der Waals surface area contributed by atoms with Crippen LogP contribution in [0.25, 0.3) is 0 Å². The van der Waals surface area contributed by atoms with Gasteiger partial charge in [0.25, 0.3) is 0 Å². The van der Waals surface area contributed by atoms with E-state index in [2.05, 4.69) is 33.8 Å². The molecule has 0 fully saturated rings. The third-order valence-corrected chi connectivity index (χ3v) is 1.58. The summed E-state index contributed by atoms with van der Waals surface area (Å²) in [4.78, 5) is 9.92. The van der Waals surface area contributed by atoms with Crippen molar-refractivity contribution in [3.8, 4) is 0 Å². The van der Waals surface area contributed by atoms with E-state index in [9.17, 15) is 13.6 Å². The summed E-state index contributed by atoms with van der Waals surface area (Å²) >= 11 is 2.87. The molecular weight excluding hydrogens is 282 g/mol. The fourth-order valence-corrected chi connectivity index (χ4v) is 0.775. The summed E-state index contributed by atoms with van der Waals surface area (Å²) in [5.41, 5.74) is -0.473. The van der Waals surface area contributed by atoms with Crippen LogP contribution in [-0.4, -0.2) is 25.9 Å². The van der Waals surface area contributed by atoms with Gasteiger partial charge in [-0.1, -0.05) is 35.2 Å². The summed E-state index contributed by atoms with van der Waals surface area (Å²) in [6.45, 7) is 9.27. The normalized spacial score (nSPS) is 11.2. The smallest absolute Gasteiger partial charge is 0.327 e. The monoisotopic (exact) mass is 296 g/mol. The van der Waals surface area contributed by atoms with Crippen molar-refractivity contribution < 1.29 is 18.3 Å². The van der Waals surface area contributed by atoms with Crippen LogP contribution < -0.4 is 0 Å². The van der Waals surface area contributed by atoms with Crippen LogP contribution in [0.2, 0.25) is 0 Å². The molecule has 16 heavy (non-hydrogen) atoms. The van der Waals surface area contributed by atoms with Crippen LogP contribution in [0, 0.1) is 0 Å². The molecule has 0 rings (SSSR count). The molecule has 0 aromatic carbocycles. The summed E-state index contributed by atoms with van der Waals surface area (Å²) in [5.74, 6) is -3.49. The number of carbonyl (C=O) groups excluding carboxylic acids is 1. The number of hydrogen-bond acceptors (Lipinski definition) is 2. The van der Waals surface area contributed by atoms with Gasteiger partial charge in [0, 0.05) is 23.8 Å². The topological polar surface area (TPSA) is 26.3 Å². The predicted octanol–water partition coefficient (Wildman–Crippen LogP) is 3.49. The Morgan fingerprint density at radius 3 is 2.19 bits per heavy atom. The molecule has 0 saturated carbocycles. The van der Waals surface area contributed by atoms with Crippen molar-refractivity contribution in [1.29, 1.82) is 0 Å². The molecule has 0 heterocycles. The Balaban J connectivity index is 0. The average molecular weight is 297 g/mol. The fraction of sp³-hybridized carbons (Fsp3) is 0.364. The van der Waals surface area contributed by atoms with Crippen molar-refractivity contribution in [2.24, 2.45) is 0 Å². The first-order chi connectivity index (χ1) is 7.35. The molecule has 0 radical (unpaired) electrons. The average Bonchev–Trinajstić information content (AvgIpc) is 2.25. The number of alkyl halides is 2. The molecule has 0 atom stereocenters. The van der Waals surface area contributed by atoms with Crippen LogP contribution in [0.1, 0.15) is 6.92 Å². The molecule has 0 aromatic heterocycles. The first-order valence-electron chi connectivity index (χ1n) is 4.37. The summed E-state index contributed by atoms with van der Waals surface area (Å²) in [5, 5.41) is 0. The Morgan fingerprint density at radius 1 is 1.56 bits per heavy atom. The van der Waals surface area contributed by atoms with Crippen molar-refractivity contribution in [3.05, 3.63) is 35.4 Å². The van der Waals surface area contributed by atoms with E-state index in [1.54, 1.807) is 7.11 Å². The Bertz CT molecular complexity index is 271. The highest BCUT2D eigenvalue weighted by Crippen LogP contribution is 2.24. The van der Waals surface area contributed by atoms with Gasteiger partial charge in [0.2, 0.25) is 0 Å². The summed E-state index contributed by atoms with van der Waals surface area (Å²) < 4.78 is 30.0. The van der Waals surface area contributed by atoms with Crippen LogP contribution in [0.3, 0.4) is 0 Å². The van der Waals surface area contributed by atoms with Gasteiger partial charge < -0.3 is 4.74 Å². The second-order valence-electron chi connectivity index (χ2n) is 2.57. The van der Waals surface area contributed by atoms with Crippen LogP contribution in [-0.2, 0) is 9.53 Å². The number of ether oxygens (including phenoxy) is 1. The van der Waals surface area contributed by atoms with Gasteiger partial charge in [0.05, 0.1) is 0 Å². The molecule has 0 unspecified atom stereocenters. The zero-order chi connectivity index (χ0) is 13.2. The quantitative estimate of drug-likeness (QED) is 0.573. The Kier molecular flexibility index (Phi) is 10.3. The Morgan fingerprint density at radius 2 is 2.00 bits per heavy atom. The first kappa shape index (κ1) is 17.6. The maximum atomic E-state index is 12.6. The van der Waals surface area contributed by atoms with E-state index in [1.807, 2.05) is 6.92 Å². The number of halogens is 3. The number of rotatable bonds is 5. The lowest BCUT2D eigenvalue weighted by Gasteiger charge is -2.08. The van der Waals surface area contributed by atoms with E-state index < -0.39 is 17.8 Å². The zero-order valence-corrected chi connectivity index (χ0v) is 10.9. The highest BCUT2D eigenvalue weighted by Gasteiger charge is 2.31. The lowest BCUT2D eigenvalue weighted by Crippen LogP contribution is -2.19. The SMILES string of the molecule is C=C/C(=C\C(=C)Br)C(F)(F)C=O.CCOC. The van der Waals surface area contributed by atoms with Crippen molar-refractivity contribution in [3.63, 3.8) is 0 Å². The summed E-state index contributed by atoms with van der Waals surface area (Å²) in [7, 11) is 1.68. The van der Waals surface area contributed by atoms with Gasteiger partial charge in [-0.15, -0.1) is 0 Å². The van der Waals surface area contributed by atoms with E-state index in [0.29, 0.717) is 0 Å². The molecule has 92 valence electrons. The van der Waals surface area contributed by atoms with Crippen LogP contribution >= 0.6 is 15.9 Å². The lowest BCUT2D eigenvalue weighted by atomic mass is 10.1. The highest BCUT2D eigenvalue weighted by molar-refractivity contribution is 9.11. The Hall–Kier alpha value is -0.810. The van der Waals surface area contributed by atoms with Crippen molar-refractivity contribution >= 4 is 22.2 Å². The van der Waals surface area contributed by atoms with E-state index >= 15 is 0 Å². The molecule has 5 heteroatoms. The third-order valence-electron chi connectivity index (χ3n) is 1.35. The Labute approximate surface area is 103 Å². The third kappa shape index (κ3) is 8.49. The molecule has 0 aliphatic heterocycles. The van der Waals surface area contributed by atoms with E-state index in [1.165, 1.54) is 0 Å². The van der Waals surface area contributed by atoms with Crippen LogP contribution in [0.4, 0.5) is 8.78 Å². The largest absolute Gasteiger partial charge is 0.385 e. The molecule has 0 aromatic rings. The van der Waals surface area contributed by atoms with Gasteiger partial charge in [0.15, 0.2) is 6.29 Å². The molecule has 0 spiro atoms. The van der Waals surface area contributed by atoms with Crippen LogP contribution in [0.15, 0.2) is 35.4 Å². The van der Waals surface area contributed by atoms with Crippen molar-refractivity contribution in [2.75, 3.05) is 13.7 Å². The number of aldehydes is 1. The van der Waals surface area contributed by atoms with Crippen molar-refractivity contribution in [1.82, 2.24) is 0 Å². The number of hydrogen-bond donors (Lipinski definition) is 0.